The van der Waals surface area contributed by atoms with Crippen LogP contribution in [0.3, 0.4) is 0 Å². The summed E-state index contributed by atoms with van der Waals surface area (Å²) >= 11 is 0. The highest BCUT2D eigenvalue weighted by Gasteiger charge is 2.25. The lowest BCUT2D eigenvalue weighted by Gasteiger charge is -2.41. The number of aromatic nitrogens is 2. The Balaban J connectivity index is 1.67. The molecule has 1 aromatic carbocycles. The molecule has 1 saturated heterocycles. The van der Waals surface area contributed by atoms with Gasteiger partial charge in [-0.1, -0.05) is 26.0 Å². The second-order valence-corrected chi connectivity index (χ2v) is 7.00. The minimum Gasteiger partial charge on any atom is -0.495 e. The zero-order valence-electron chi connectivity index (χ0n) is 15.6. The molecule has 3 rings (SSSR count). The van der Waals surface area contributed by atoms with E-state index in [2.05, 4.69) is 47.7 Å². The first-order chi connectivity index (χ1) is 12.1. The largest absolute Gasteiger partial charge is 0.495 e. The van der Waals surface area contributed by atoms with Crippen molar-refractivity contribution in [1.29, 1.82) is 0 Å². The first kappa shape index (κ1) is 17.7. The Bertz CT molecular complexity index is 704. The molecule has 25 heavy (non-hydrogen) atoms. The molecule has 0 saturated carbocycles. The van der Waals surface area contributed by atoms with Gasteiger partial charge < -0.3 is 9.64 Å². The number of ether oxygens (including phenoxy) is 1. The van der Waals surface area contributed by atoms with Gasteiger partial charge in [0.15, 0.2) is 0 Å². The van der Waals surface area contributed by atoms with Gasteiger partial charge in [0.1, 0.15) is 11.6 Å². The maximum atomic E-state index is 5.52. The molecule has 1 aliphatic heterocycles. The van der Waals surface area contributed by atoms with E-state index in [1.165, 1.54) is 5.69 Å². The van der Waals surface area contributed by atoms with Gasteiger partial charge in [-0.3, -0.25) is 4.90 Å². The third-order valence-corrected chi connectivity index (χ3v) is 4.80. The number of hydrogen-bond donors (Lipinski definition) is 0. The molecule has 134 valence electrons. The van der Waals surface area contributed by atoms with Crippen molar-refractivity contribution in [1.82, 2.24) is 14.9 Å². The van der Waals surface area contributed by atoms with Gasteiger partial charge in [0.05, 0.1) is 18.5 Å². The topological polar surface area (TPSA) is 41.5 Å². The van der Waals surface area contributed by atoms with E-state index in [1.807, 2.05) is 24.4 Å². The number of anilines is 1. The van der Waals surface area contributed by atoms with Crippen LogP contribution in [0.1, 0.15) is 38.2 Å². The molecule has 1 atom stereocenters. The second-order valence-electron chi connectivity index (χ2n) is 7.00. The van der Waals surface area contributed by atoms with E-state index in [4.69, 9.17) is 9.72 Å². The Morgan fingerprint density at radius 3 is 2.72 bits per heavy atom. The van der Waals surface area contributed by atoms with Gasteiger partial charge in [-0.25, -0.2) is 9.97 Å². The van der Waals surface area contributed by atoms with Crippen molar-refractivity contribution < 1.29 is 4.74 Å². The normalized spacial score (nSPS) is 18.6. The molecule has 0 spiro atoms. The van der Waals surface area contributed by atoms with Crippen molar-refractivity contribution in [2.45, 2.75) is 39.3 Å². The molecule has 1 fully saturated rings. The highest BCUT2D eigenvalue weighted by Crippen LogP contribution is 2.29. The maximum Gasteiger partial charge on any atom is 0.142 e. The van der Waals surface area contributed by atoms with Crippen LogP contribution >= 0.6 is 0 Å². The molecule has 5 heteroatoms. The molecule has 0 amide bonds. The summed E-state index contributed by atoms with van der Waals surface area (Å²) in [7, 11) is 1.74. The van der Waals surface area contributed by atoms with Crippen molar-refractivity contribution in [3.8, 4) is 5.75 Å². The lowest BCUT2D eigenvalue weighted by atomic mass is 10.1. The lowest BCUT2D eigenvalue weighted by molar-refractivity contribution is 0.178. The monoisotopic (exact) mass is 340 g/mol. The van der Waals surface area contributed by atoms with Crippen LogP contribution in [0, 0.1) is 0 Å². The van der Waals surface area contributed by atoms with Crippen LogP contribution in [-0.4, -0.2) is 47.7 Å². The van der Waals surface area contributed by atoms with E-state index in [9.17, 15) is 0 Å². The van der Waals surface area contributed by atoms with E-state index in [0.717, 1.165) is 43.4 Å². The Morgan fingerprint density at radius 1 is 1.20 bits per heavy atom. The smallest absolute Gasteiger partial charge is 0.142 e. The standard InChI is InChI=1S/C20H28N4O/c1-15(2)20-21-10-9-17(22-20)14-23-11-12-24(13-16(23)3)18-7-5-6-8-19(18)25-4/h5-10,15-16H,11-14H2,1-4H3/t16-/m1/s1. The third-order valence-electron chi connectivity index (χ3n) is 4.80. The first-order valence-electron chi connectivity index (χ1n) is 9.02. The van der Waals surface area contributed by atoms with Gasteiger partial charge in [0, 0.05) is 44.3 Å². The SMILES string of the molecule is COc1ccccc1N1CCN(Cc2ccnc(C(C)C)n2)[C@H](C)C1. The molecular weight excluding hydrogens is 312 g/mol. The molecular formula is C20H28N4O. The van der Waals surface area contributed by atoms with Crippen LogP contribution in [-0.2, 0) is 6.54 Å². The molecule has 5 nitrogen and oxygen atoms in total. The van der Waals surface area contributed by atoms with Crippen LogP contribution in [0.5, 0.6) is 5.75 Å². The average Bonchev–Trinajstić information content (AvgIpc) is 2.63. The van der Waals surface area contributed by atoms with Crippen LogP contribution < -0.4 is 9.64 Å². The number of hydrogen-bond acceptors (Lipinski definition) is 5. The predicted octanol–water partition coefficient (Wildman–Crippen LogP) is 3.32. The molecule has 0 unspecified atom stereocenters. The zero-order chi connectivity index (χ0) is 17.8. The van der Waals surface area contributed by atoms with Gasteiger partial charge in [0.25, 0.3) is 0 Å². The minimum absolute atomic E-state index is 0.361. The Hall–Kier alpha value is -2.14. The molecule has 1 aromatic heterocycles. The summed E-state index contributed by atoms with van der Waals surface area (Å²) in [6.45, 7) is 10.4. The van der Waals surface area contributed by atoms with Gasteiger partial charge in [0.2, 0.25) is 0 Å². The first-order valence-corrected chi connectivity index (χ1v) is 9.02. The summed E-state index contributed by atoms with van der Waals surface area (Å²) in [6.07, 6.45) is 1.88. The van der Waals surface area contributed by atoms with Gasteiger partial charge in [-0.2, -0.15) is 0 Å². The summed E-state index contributed by atoms with van der Waals surface area (Å²) < 4.78 is 5.52. The number of nitrogens with zero attached hydrogens (tertiary/aromatic N) is 4. The lowest BCUT2D eigenvalue weighted by Crippen LogP contribution is -2.51. The average molecular weight is 340 g/mol. The molecule has 2 heterocycles. The van der Waals surface area contributed by atoms with Crippen LogP contribution in [0.2, 0.25) is 0 Å². The summed E-state index contributed by atoms with van der Waals surface area (Å²) in [5.74, 6) is 2.23. The van der Waals surface area contributed by atoms with Crippen LogP contribution in [0.4, 0.5) is 5.69 Å². The fraction of sp³-hybridized carbons (Fsp3) is 0.500. The van der Waals surface area contributed by atoms with Gasteiger partial charge in [-0.15, -0.1) is 0 Å². The molecule has 0 radical (unpaired) electrons. The Morgan fingerprint density at radius 2 is 2.00 bits per heavy atom. The quantitative estimate of drug-likeness (QED) is 0.835. The summed E-state index contributed by atoms with van der Waals surface area (Å²) in [4.78, 5) is 14.0. The second kappa shape index (κ2) is 7.83. The Kier molecular flexibility index (Phi) is 5.53. The molecule has 2 aromatic rings. The number of piperazine rings is 1. The zero-order valence-corrected chi connectivity index (χ0v) is 15.6. The molecule has 0 aliphatic carbocycles. The highest BCUT2D eigenvalue weighted by molar-refractivity contribution is 5.58. The number of rotatable bonds is 5. The molecule has 0 bridgehead atoms. The van der Waals surface area contributed by atoms with Gasteiger partial charge >= 0.3 is 0 Å². The summed E-state index contributed by atoms with van der Waals surface area (Å²) in [5, 5.41) is 0. The summed E-state index contributed by atoms with van der Waals surface area (Å²) in [5.41, 5.74) is 2.29. The fourth-order valence-electron chi connectivity index (χ4n) is 3.33. The van der Waals surface area contributed by atoms with Crippen LogP contribution in [0.25, 0.3) is 0 Å². The highest BCUT2D eigenvalue weighted by atomic mass is 16.5. The third kappa shape index (κ3) is 4.10. The molecule has 0 N–H and O–H groups in total. The number of benzene rings is 1. The van der Waals surface area contributed by atoms with E-state index in [-0.39, 0.29) is 0 Å². The van der Waals surface area contributed by atoms with E-state index in [0.29, 0.717) is 12.0 Å². The van der Waals surface area contributed by atoms with Crippen LogP contribution in [0.15, 0.2) is 36.5 Å². The predicted molar refractivity (Wildman–Crippen MR) is 101 cm³/mol. The Labute approximate surface area is 150 Å². The maximum absolute atomic E-state index is 5.52. The fourth-order valence-corrected chi connectivity index (χ4v) is 3.33. The van der Waals surface area contributed by atoms with Crippen molar-refractivity contribution in [2.24, 2.45) is 0 Å². The number of methoxy groups -OCH3 is 1. The van der Waals surface area contributed by atoms with Crippen molar-refractivity contribution in [3.05, 3.63) is 48.0 Å². The molecule has 1 aliphatic rings. The van der Waals surface area contributed by atoms with E-state index in [1.54, 1.807) is 7.11 Å². The minimum atomic E-state index is 0.361. The van der Waals surface area contributed by atoms with Crippen molar-refractivity contribution in [3.63, 3.8) is 0 Å². The summed E-state index contributed by atoms with van der Waals surface area (Å²) in [6, 6.07) is 10.7. The van der Waals surface area contributed by atoms with Crippen molar-refractivity contribution >= 4 is 5.69 Å². The van der Waals surface area contributed by atoms with E-state index < -0.39 is 0 Å². The number of para-hydroxylation sites is 2. The van der Waals surface area contributed by atoms with E-state index >= 15 is 0 Å². The van der Waals surface area contributed by atoms with Crippen molar-refractivity contribution in [2.75, 3.05) is 31.6 Å². The van der Waals surface area contributed by atoms with Gasteiger partial charge in [-0.05, 0) is 25.1 Å².